The van der Waals surface area contributed by atoms with Crippen molar-refractivity contribution in [3.63, 3.8) is 0 Å². The van der Waals surface area contributed by atoms with Crippen LogP contribution < -0.4 is 14.8 Å². The van der Waals surface area contributed by atoms with Crippen LogP contribution in [0.5, 0.6) is 11.5 Å². The summed E-state index contributed by atoms with van der Waals surface area (Å²) in [5.41, 5.74) is 1.18. The molecule has 1 N–H and O–H groups in total. The minimum atomic E-state index is 0.149. The van der Waals surface area contributed by atoms with Gasteiger partial charge >= 0.3 is 0 Å². The van der Waals surface area contributed by atoms with Gasteiger partial charge < -0.3 is 19.5 Å². The van der Waals surface area contributed by atoms with Crippen LogP contribution in [0, 0.1) is 11.3 Å². The summed E-state index contributed by atoms with van der Waals surface area (Å²) in [6.07, 6.45) is 2.78. The molecule has 116 valence electrons. The molecule has 2 fully saturated rings. The predicted molar refractivity (Wildman–Crippen MR) is 83.2 cm³/mol. The molecular weight excluding hydrogens is 266 g/mol. The molecule has 2 aliphatic rings. The van der Waals surface area contributed by atoms with Crippen molar-refractivity contribution in [2.75, 3.05) is 26.1 Å². The van der Waals surface area contributed by atoms with Gasteiger partial charge in [0.15, 0.2) is 0 Å². The van der Waals surface area contributed by atoms with Crippen LogP contribution in [0.25, 0.3) is 0 Å². The van der Waals surface area contributed by atoms with Gasteiger partial charge in [-0.05, 0) is 25.0 Å². The fourth-order valence-electron chi connectivity index (χ4n) is 3.90. The largest absolute Gasteiger partial charge is 0.497 e. The number of hydrogen-bond acceptors (Lipinski definition) is 4. The number of rotatable bonds is 4. The molecule has 3 rings (SSSR count). The van der Waals surface area contributed by atoms with E-state index in [0.717, 1.165) is 30.2 Å². The Balaban J connectivity index is 1.80. The van der Waals surface area contributed by atoms with Gasteiger partial charge in [0.25, 0.3) is 0 Å². The number of methoxy groups -OCH3 is 2. The van der Waals surface area contributed by atoms with E-state index in [9.17, 15) is 0 Å². The Morgan fingerprint density at radius 3 is 2.76 bits per heavy atom. The standard InChI is InChI=1S/C17H25NO3/c1-17(2)15(12-6-5-9-21-16(12)17)18-13-8-7-11(19-3)10-14(13)20-4/h7-8,10,12,15-16,18H,5-6,9H2,1-4H3. The first-order valence-electron chi connectivity index (χ1n) is 7.68. The van der Waals surface area contributed by atoms with Crippen LogP contribution in [0.15, 0.2) is 18.2 Å². The Morgan fingerprint density at radius 2 is 2.05 bits per heavy atom. The van der Waals surface area contributed by atoms with Crippen molar-refractivity contribution in [3.05, 3.63) is 18.2 Å². The maximum Gasteiger partial charge on any atom is 0.145 e. The van der Waals surface area contributed by atoms with Crippen LogP contribution in [-0.2, 0) is 4.74 Å². The van der Waals surface area contributed by atoms with Gasteiger partial charge in [0.05, 0.1) is 26.0 Å². The Bertz CT molecular complexity index is 515. The van der Waals surface area contributed by atoms with E-state index in [0.29, 0.717) is 18.1 Å². The van der Waals surface area contributed by atoms with Crippen LogP contribution in [0.2, 0.25) is 0 Å². The summed E-state index contributed by atoms with van der Waals surface area (Å²) in [4.78, 5) is 0. The quantitative estimate of drug-likeness (QED) is 0.924. The van der Waals surface area contributed by atoms with E-state index >= 15 is 0 Å². The van der Waals surface area contributed by atoms with E-state index in [4.69, 9.17) is 14.2 Å². The van der Waals surface area contributed by atoms with Gasteiger partial charge in [0.2, 0.25) is 0 Å². The lowest BCUT2D eigenvalue weighted by atomic mass is 9.55. The molecule has 21 heavy (non-hydrogen) atoms. The van der Waals surface area contributed by atoms with Gasteiger partial charge in [-0.3, -0.25) is 0 Å². The summed E-state index contributed by atoms with van der Waals surface area (Å²) in [5.74, 6) is 2.23. The lowest BCUT2D eigenvalue weighted by molar-refractivity contribution is -0.177. The molecule has 0 amide bonds. The summed E-state index contributed by atoms with van der Waals surface area (Å²) in [6.45, 7) is 5.48. The molecule has 0 bridgehead atoms. The second-order valence-electron chi connectivity index (χ2n) is 6.61. The molecule has 0 spiro atoms. The highest BCUT2D eigenvalue weighted by molar-refractivity contribution is 5.60. The Hall–Kier alpha value is -1.42. The van der Waals surface area contributed by atoms with Crippen LogP contribution in [0.3, 0.4) is 0 Å². The lowest BCUT2D eigenvalue weighted by Crippen LogP contribution is -2.67. The predicted octanol–water partition coefficient (Wildman–Crippen LogP) is 3.32. The fourth-order valence-corrected chi connectivity index (χ4v) is 3.90. The van der Waals surface area contributed by atoms with Gasteiger partial charge in [-0.1, -0.05) is 13.8 Å². The zero-order valence-electron chi connectivity index (χ0n) is 13.3. The zero-order valence-corrected chi connectivity index (χ0v) is 13.3. The molecule has 0 aromatic heterocycles. The van der Waals surface area contributed by atoms with E-state index in [2.05, 4.69) is 19.2 Å². The monoisotopic (exact) mass is 291 g/mol. The molecule has 3 unspecified atom stereocenters. The molecule has 0 radical (unpaired) electrons. The number of benzene rings is 1. The van der Waals surface area contributed by atoms with Crippen molar-refractivity contribution >= 4 is 5.69 Å². The normalized spacial score (nSPS) is 30.0. The number of anilines is 1. The molecule has 3 atom stereocenters. The van der Waals surface area contributed by atoms with Crippen molar-refractivity contribution < 1.29 is 14.2 Å². The van der Waals surface area contributed by atoms with E-state index in [-0.39, 0.29) is 5.41 Å². The summed E-state index contributed by atoms with van der Waals surface area (Å²) < 4.78 is 16.7. The van der Waals surface area contributed by atoms with Crippen molar-refractivity contribution in [2.24, 2.45) is 11.3 Å². The Morgan fingerprint density at radius 1 is 1.24 bits per heavy atom. The van der Waals surface area contributed by atoms with E-state index in [1.807, 2.05) is 18.2 Å². The van der Waals surface area contributed by atoms with Crippen molar-refractivity contribution in [2.45, 2.75) is 38.8 Å². The first-order valence-corrected chi connectivity index (χ1v) is 7.68. The summed E-state index contributed by atoms with van der Waals surface area (Å²) >= 11 is 0. The summed E-state index contributed by atoms with van der Waals surface area (Å²) in [5, 5.41) is 3.68. The minimum Gasteiger partial charge on any atom is -0.497 e. The molecule has 1 saturated carbocycles. The van der Waals surface area contributed by atoms with E-state index in [1.165, 1.54) is 6.42 Å². The van der Waals surface area contributed by atoms with Gasteiger partial charge in [0.1, 0.15) is 11.5 Å². The molecule has 4 heteroatoms. The Kier molecular flexibility index (Phi) is 3.74. The van der Waals surface area contributed by atoms with Crippen LogP contribution in [0.1, 0.15) is 26.7 Å². The second kappa shape index (κ2) is 5.41. The molecule has 1 aliphatic heterocycles. The van der Waals surface area contributed by atoms with E-state index < -0.39 is 0 Å². The number of hydrogen-bond donors (Lipinski definition) is 1. The smallest absolute Gasteiger partial charge is 0.145 e. The number of fused-ring (bicyclic) bond motifs is 1. The van der Waals surface area contributed by atoms with Gasteiger partial charge in [0, 0.05) is 30.0 Å². The van der Waals surface area contributed by atoms with Crippen LogP contribution in [-0.4, -0.2) is 33.0 Å². The molecule has 1 aromatic rings. The second-order valence-corrected chi connectivity index (χ2v) is 6.61. The number of nitrogens with one attached hydrogen (secondary N) is 1. The minimum absolute atomic E-state index is 0.149. The van der Waals surface area contributed by atoms with E-state index in [1.54, 1.807) is 14.2 Å². The van der Waals surface area contributed by atoms with Gasteiger partial charge in [-0.2, -0.15) is 0 Å². The SMILES string of the molecule is COc1ccc(NC2C3CCCOC3C2(C)C)c(OC)c1. The van der Waals surface area contributed by atoms with Gasteiger partial charge in [-0.15, -0.1) is 0 Å². The first kappa shape index (κ1) is 14.5. The first-order chi connectivity index (χ1) is 10.1. The van der Waals surface area contributed by atoms with Crippen molar-refractivity contribution in [1.29, 1.82) is 0 Å². The molecule has 1 aromatic carbocycles. The van der Waals surface area contributed by atoms with Gasteiger partial charge in [-0.25, -0.2) is 0 Å². The molecular formula is C17H25NO3. The maximum absolute atomic E-state index is 5.96. The van der Waals surface area contributed by atoms with Crippen LogP contribution in [0.4, 0.5) is 5.69 Å². The highest BCUT2D eigenvalue weighted by Gasteiger charge is 2.58. The van der Waals surface area contributed by atoms with Crippen LogP contribution >= 0.6 is 0 Å². The average molecular weight is 291 g/mol. The molecule has 1 aliphatic carbocycles. The average Bonchev–Trinajstić information content (AvgIpc) is 2.52. The zero-order chi connectivity index (χ0) is 15.0. The highest BCUT2D eigenvalue weighted by atomic mass is 16.5. The fraction of sp³-hybridized carbons (Fsp3) is 0.647. The van der Waals surface area contributed by atoms with Crippen molar-refractivity contribution in [1.82, 2.24) is 0 Å². The topological polar surface area (TPSA) is 39.7 Å². The maximum atomic E-state index is 5.96. The summed E-state index contributed by atoms with van der Waals surface area (Å²) in [6, 6.07) is 6.34. The molecule has 4 nitrogen and oxygen atoms in total. The highest BCUT2D eigenvalue weighted by Crippen LogP contribution is 2.53. The Labute approximate surface area is 126 Å². The third kappa shape index (κ3) is 2.35. The number of ether oxygens (including phenoxy) is 3. The molecule has 1 heterocycles. The van der Waals surface area contributed by atoms with Crippen molar-refractivity contribution in [3.8, 4) is 11.5 Å². The third-order valence-electron chi connectivity index (χ3n) is 5.05. The third-order valence-corrected chi connectivity index (χ3v) is 5.05. The molecule has 1 saturated heterocycles. The summed E-state index contributed by atoms with van der Waals surface area (Å²) in [7, 11) is 3.36. The lowest BCUT2D eigenvalue weighted by Gasteiger charge is -2.60.